The highest BCUT2D eigenvalue weighted by molar-refractivity contribution is 5.91. The molecule has 0 aliphatic rings. The zero-order valence-electron chi connectivity index (χ0n) is 11.5. The molecule has 0 radical (unpaired) electrons. The van der Waals surface area contributed by atoms with Gasteiger partial charge < -0.3 is 20.5 Å². The van der Waals surface area contributed by atoms with Crippen molar-refractivity contribution in [2.75, 3.05) is 25.1 Å². The average Bonchev–Trinajstić information content (AvgIpc) is 2.43. The van der Waals surface area contributed by atoms with Crippen LogP contribution in [0.4, 0.5) is 5.69 Å². The summed E-state index contributed by atoms with van der Waals surface area (Å²) >= 11 is 0. The molecule has 1 amide bonds. The number of carbonyl (C=O) groups excluding carboxylic acids is 1. The van der Waals surface area contributed by atoms with Gasteiger partial charge in [0.2, 0.25) is 5.91 Å². The second kappa shape index (κ2) is 8.63. The third kappa shape index (κ3) is 6.33. The topological polar surface area (TPSA) is 73.6 Å². The molecule has 3 N–H and O–H groups in total. The fraction of sp³-hybridized carbons (Fsp3) is 0.500. The molecule has 1 atom stereocenters. The molecule has 106 valence electrons. The Morgan fingerprint density at radius 2 is 2.26 bits per heavy atom. The molecule has 5 nitrogen and oxygen atoms in total. The molecule has 0 aromatic heterocycles. The van der Waals surface area contributed by atoms with Crippen molar-refractivity contribution in [3.8, 4) is 0 Å². The van der Waals surface area contributed by atoms with Gasteiger partial charge in [0.05, 0.1) is 12.7 Å². The molecule has 5 heteroatoms. The Morgan fingerprint density at radius 1 is 1.47 bits per heavy atom. The second-order valence-electron chi connectivity index (χ2n) is 4.23. The Hall–Kier alpha value is -1.43. The van der Waals surface area contributed by atoms with Gasteiger partial charge in [-0.2, -0.15) is 0 Å². The highest BCUT2D eigenvalue weighted by Crippen LogP contribution is 2.10. The van der Waals surface area contributed by atoms with Gasteiger partial charge in [0.25, 0.3) is 0 Å². The Bertz CT molecular complexity index is 396. The van der Waals surface area contributed by atoms with Crippen molar-refractivity contribution in [2.24, 2.45) is 5.73 Å². The van der Waals surface area contributed by atoms with E-state index in [1.54, 1.807) is 0 Å². The molecule has 19 heavy (non-hydrogen) atoms. The molecule has 1 rings (SSSR count). The summed E-state index contributed by atoms with van der Waals surface area (Å²) in [5, 5.41) is 2.77. The minimum absolute atomic E-state index is 0.0150. The smallest absolute Gasteiger partial charge is 0.250 e. The first-order chi connectivity index (χ1) is 9.15. The van der Waals surface area contributed by atoms with Crippen molar-refractivity contribution < 1.29 is 14.3 Å². The van der Waals surface area contributed by atoms with Crippen LogP contribution >= 0.6 is 0 Å². The minimum atomic E-state index is -0.183. The number of carbonyl (C=O) groups is 1. The lowest BCUT2D eigenvalue weighted by atomic mass is 10.2. The van der Waals surface area contributed by atoms with Gasteiger partial charge in [-0.15, -0.1) is 0 Å². The summed E-state index contributed by atoms with van der Waals surface area (Å²) in [6.07, 6.45) is -0.0962. The van der Waals surface area contributed by atoms with Crippen molar-refractivity contribution >= 4 is 11.6 Å². The lowest BCUT2D eigenvalue weighted by Gasteiger charge is -2.13. The number of rotatable bonds is 8. The minimum Gasteiger partial charge on any atom is -0.379 e. The van der Waals surface area contributed by atoms with Crippen molar-refractivity contribution in [3.63, 3.8) is 0 Å². The molecule has 0 bridgehead atoms. The fourth-order valence-electron chi connectivity index (χ4n) is 1.52. The van der Waals surface area contributed by atoms with E-state index in [0.29, 0.717) is 19.8 Å². The molecule has 1 unspecified atom stereocenters. The third-order valence-corrected chi connectivity index (χ3v) is 2.50. The van der Waals surface area contributed by atoms with E-state index in [-0.39, 0.29) is 18.6 Å². The molecule has 0 aliphatic heterocycles. The molecular weight excluding hydrogens is 244 g/mol. The van der Waals surface area contributed by atoms with E-state index in [9.17, 15) is 4.79 Å². The first kappa shape index (κ1) is 15.6. The molecule has 1 aromatic carbocycles. The van der Waals surface area contributed by atoms with Crippen LogP contribution in [0, 0.1) is 0 Å². The number of hydrogen-bond donors (Lipinski definition) is 2. The van der Waals surface area contributed by atoms with Crippen LogP contribution in [0.3, 0.4) is 0 Å². The van der Waals surface area contributed by atoms with Gasteiger partial charge in [0, 0.05) is 18.8 Å². The highest BCUT2D eigenvalue weighted by atomic mass is 16.5. The number of nitrogens with two attached hydrogens (primary N) is 1. The number of ether oxygens (including phenoxy) is 2. The second-order valence-corrected chi connectivity index (χ2v) is 4.23. The van der Waals surface area contributed by atoms with Gasteiger partial charge in [0.1, 0.15) is 6.61 Å². The monoisotopic (exact) mass is 266 g/mol. The predicted octanol–water partition coefficient (Wildman–Crippen LogP) is 1.53. The van der Waals surface area contributed by atoms with E-state index < -0.39 is 0 Å². The number of hydrogen-bond acceptors (Lipinski definition) is 4. The van der Waals surface area contributed by atoms with Crippen molar-refractivity contribution in [3.05, 3.63) is 29.8 Å². The number of amides is 1. The fourth-order valence-corrected chi connectivity index (χ4v) is 1.52. The van der Waals surface area contributed by atoms with Gasteiger partial charge in [0.15, 0.2) is 0 Å². The van der Waals surface area contributed by atoms with Gasteiger partial charge in [-0.1, -0.05) is 12.1 Å². The lowest BCUT2D eigenvalue weighted by Crippen LogP contribution is -2.24. The van der Waals surface area contributed by atoms with E-state index in [1.165, 1.54) is 0 Å². The Morgan fingerprint density at radius 3 is 2.95 bits per heavy atom. The third-order valence-electron chi connectivity index (χ3n) is 2.50. The normalized spacial score (nSPS) is 12.2. The van der Waals surface area contributed by atoms with Crippen molar-refractivity contribution in [1.29, 1.82) is 0 Å². The van der Waals surface area contributed by atoms with Crippen LogP contribution in [0.5, 0.6) is 0 Å². The van der Waals surface area contributed by atoms with Gasteiger partial charge >= 0.3 is 0 Å². The maximum atomic E-state index is 11.7. The van der Waals surface area contributed by atoms with Crippen LogP contribution in [0.15, 0.2) is 24.3 Å². The maximum absolute atomic E-state index is 11.7. The Labute approximate surface area is 114 Å². The van der Waals surface area contributed by atoms with E-state index in [0.717, 1.165) is 11.3 Å². The number of nitrogens with one attached hydrogen (secondary N) is 1. The predicted molar refractivity (Wildman–Crippen MR) is 74.9 cm³/mol. The highest BCUT2D eigenvalue weighted by Gasteiger charge is 2.07. The Kier molecular flexibility index (Phi) is 7.10. The molecule has 0 aliphatic carbocycles. The summed E-state index contributed by atoms with van der Waals surface area (Å²) in [6.45, 7) is 5.40. The zero-order chi connectivity index (χ0) is 14.1. The maximum Gasteiger partial charge on any atom is 0.250 e. The summed E-state index contributed by atoms with van der Waals surface area (Å²) in [6, 6.07) is 7.44. The molecule has 1 aromatic rings. The lowest BCUT2D eigenvalue weighted by molar-refractivity contribution is -0.123. The van der Waals surface area contributed by atoms with E-state index in [4.69, 9.17) is 15.2 Å². The van der Waals surface area contributed by atoms with Crippen LogP contribution in [0.1, 0.15) is 19.4 Å². The van der Waals surface area contributed by atoms with Crippen LogP contribution in [0.2, 0.25) is 0 Å². The van der Waals surface area contributed by atoms with E-state index >= 15 is 0 Å². The van der Waals surface area contributed by atoms with E-state index in [2.05, 4.69) is 5.32 Å². The summed E-state index contributed by atoms with van der Waals surface area (Å²) in [5.74, 6) is -0.183. The van der Waals surface area contributed by atoms with Crippen LogP contribution in [-0.2, 0) is 20.8 Å². The first-order valence-corrected chi connectivity index (χ1v) is 6.44. The van der Waals surface area contributed by atoms with Gasteiger partial charge in [-0.25, -0.2) is 0 Å². The van der Waals surface area contributed by atoms with Crippen LogP contribution in [0.25, 0.3) is 0 Å². The summed E-state index contributed by atoms with van der Waals surface area (Å²) in [5.41, 5.74) is 7.25. The van der Waals surface area contributed by atoms with Gasteiger partial charge in [-0.05, 0) is 31.5 Å². The number of anilines is 1. The summed E-state index contributed by atoms with van der Waals surface area (Å²) < 4.78 is 10.6. The standard InChI is InChI=1S/C14H22N2O3/c1-3-18-9-11(2)19-10-14(17)16-13-6-4-5-12(7-13)8-15/h4-7,11H,3,8-10,15H2,1-2H3,(H,16,17). The quantitative estimate of drug-likeness (QED) is 0.748. The van der Waals surface area contributed by atoms with Crippen molar-refractivity contribution in [1.82, 2.24) is 0 Å². The zero-order valence-corrected chi connectivity index (χ0v) is 11.5. The van der Waals surface area contributed by atoms with E-state index in [1.807, 2.05) is 38.1 Å². The Balaban J connectivity index is 2.34. The number of benzene rings is 1. The SMILES string of the molecule is CCOCC(C)OCC(=O)Nc1cccc(CN)c1. The summed E-state index contributed by atoms with van der Waals surface area (Å²) in [7, 11) is 0. The average molecular weight is 266 g/mol. The van der Waals surface area contributed by atoms with Crippen LogP contribution in [-0.4, -0.2) is 31.8 Å². The molecule has 0 saturated carbocycles. The molecular formula is C14H22N2O3. The molecule has 0 heterocycles. The van der Waals surface area contributed by atoms with Gasteiger partial charge in [-0.3, -0.25) is 4.79 Å². The molecule has 0 saturated heterocycles. The first-order valence-electron chi connectivity index (χ1n) is 6.44. The molecule has 0 fully saturated rings. The van der Waals surface area contributed by atoms with Crippen LogP contribution < -0.4 is 11.1 Å². The largest absolute Gasteiger partial charge is 0.379 e. The van der Waals surface area contributed by atoms with Crippen molar-refractivity contribution in [2.45, 2.75) is 26.5 Å². The molecule has 0 spiro atoms. The summed E-state index contributed by atoms with van der Waals surface area (Å²) in [4.78, 5) is 11.7.